The van der Waals surface area contributed by atoms with E-state index >= 15 is 0 Å². The number of halogens is 3. The summed E-state index contributed by atoms with van der Waals surface area (Å²) in [7, 11) is -1.04. The Morgan fingerprint density at radius 3 is 2.58 bits per heavy atom. The van der Waals surface area contributed by atoms with Crippen LogP contribution in [-0.4, -0.2) is 55.9 Å². The summed E-state index contributed by atoms with van der Waals surface area (Å²) in [6.45, 7) is 3.09. The van der Waals surface area contributed by atoms with Crippen LogP contribution in [0.1, 0.15) is 30.0 Å². The molecule has 11 heteroatoms. The Labute approximate surface area is 179 Å². The first-order valence-electron chi connectivity index (χ1n) is 8.99. The van der Waals surface area contributed by atoms with Gasteiger partial charge in [0.05, 0.1) is 23.4 Å². The minimum Gasteiger partial charge on any atom is -0.386 e. The van der Waals surface area contributed by atoms with Crippen molar-refractivity contribution in [3.63, 3.8) is 0 Å². The van der Waals surface area contributed by atoms with Crippen molar-refractivity contribution in [2.75, 3.05) is 18.6 Å². The van der Waals surface area contributed by atoms with Crippen LogP contribution in [0.15, 0.2) is 52.2 Å². The minimum absolute atomic E-state index is 0.0336. The molecule has 3 N–H and O–H groups in total. The van der Waals surface area contributed by atoms with Crippen molar-refractivity contribution < 1.29 is 27.3 Å². The molecule has 1 aliphatic carbocycles. The normalized spacial score (nSPS) is 15.6. The summed E-state index contributed by atoms with van der Waals surface area (Å²) < 4.78 is 49.8. The van der Waals surface area contributed by atoms with Crippen LogP contribution < -0.4 is 5.32 Å². The van der Waals surface area contributed by atoms with Crippen molar-refractivity contribution in [2.45, 2.75) is 25.6 Å². The monoisotopic (exact) mass is 454 g/mol. The second kappa shape index (κ2) is 9.51. The highest BCUT2D eigenvalue weighted by molar-refractivity contribution is 7.84. The molecule has 1 aromatic rings. The zero-order valence-corrected chi connectivity index (χ0v) is 17.8. The van der Waals surface area contributed by atoms with Gasteiger partial charge >= 0.3 is 6.18 Å². The van der Waals surface area contributed by atoms with Crippen LogP contribution in [0.2, 0.25) is 0 Å². The Morgan fingerprint density at radius 2 is 2.00 bits per heavy atom. The van der Waals surface area contributed by atoms with Crippen LogP contribution in [0.3, 0.4) is 0 Å². The lowest BCUT2D eigenvalue weighted by Crippen LogP contribution is -2.34. The third kappa shape index (κ3) is 6.81. The third-order valence-electron chi connectivity index (χ3n) is 4.03. The number of nitrogens with one attached hydrogen (secondary N) is 2. The molecule has 7 nitrogen and oxygen atoms in total. The van der Waals surface area contributed by atoms with Crippen molar-refractivity contribution in [3.8, 4) is 0 Å². The zero-order valence-electron chi connectivity index (χ0n) is 17.0. The van der Waals surface area contributed by atoms with Crippen LogP contribution in [0.25, 0.3) is 0 Å². The van der Waals surface area contributed by atoms with E-state index in [-0.39, 0.29) is 29.1 Å². The fourth-order valence-corrected chi connectivity index (χ4v) is 2.87. The predicted molar refractivity (Wildman–Crippen MR) is 112 cm³/mol. The van der Waals surface area contributed by atoms with Gasteiger partial charge in [-0.2, -0.15) is 13.2 Å². The number of aliphatic imine (C=N–C) groups is 1. The summed E-state index contributed by atoms with van der Waals surface area (Å²) in [6.07, 6.45) is -0.528. The Kier molecular flexibility index (Phi) is 7.48. The van der Waals surface area contributed by atoms with Gasteiger partial charge in [0.25, 0.3) is 5.91 Å². The number of carbonyl (C=O) groups is 1. The van der Waals surface area contributed by atoms with Gasteiger partial charge in [-0.15, -0.1) is 0 Å². The van der Waals surface area contributed by atoms with Crippen molar-refractivity contribution in [1.29, 1.82) is 5.41 Å². The fraction of sp³-hybridized carbons (Fsp3) is 0.350. The number of aromatic nitrogens is 1. The molecular weight excluding hydrogens is 433 g/mol. The fourth-order valence-electron chi connectivity index (χ4n) is 2.52. The van der Waals surface area contributed by atoms with Gasteiger partial charge in [0.2, 0.25) is 0 Å². The van der Waals surface area contributed by atoms with Gasteiger partial charge in [0.15, 0.2) is 0 Å². The van der Waals surface area contributed by atoms with Gasteiger partial charge in [0.1, 0.15) is 11.4 Å². The maximum Gasteiger partial charge on any atom is 0.433 e. The standard InChI is InChI=1S/C20H21F3N4O3S/c1-19(2,29)13-10-14(24)12(11-25-7-8-31(3)30)9-16(13)27-18(28)15-5-4-6-17(26-15)20(21,22)23/h4-6,9-10,24,29H,7-8H2,1-3H3,(H,27,28). The van der Waals surface area contributed by atoms with E-state index in [0.717, 1.165) is 18.2 Å². The van der Waals surface area contributed by atoms with Crippen molar-refractivity contribution in [3.05, 3.63) is 58.6 Å². The molecule has 0 bridgehead atoms. The Balaban J connectivity index is 2.39. The highest BCUT2D eigenvalue weighted by Gasteiger charge is 2.33. The van der Waals surface area contributed by atoms with Crippen molar-refractivity contribution >= 4 is 28.3 Å². The highest BCUT2D eigenvalue weighted by atomic mass is 32.2. The summed E-state index contributed by atoms with van der Waals surface area (Å²) in [5.41, 5.74) is -2.73. The molecule has 0 spiro atoms. The van der Waals surface area contributed by atoms with Crippen molar-refractivity contribution in [2.24, 2.45) is 4.99 Å². The lowest BCUT2D eigenvalue weighted by atomic mass is 9.88. The molecule has 1 amide bonds. The second-order valence-corrected chi connectivity index (χ2v) is 8.69. The van der Waals surface area contributed by atoms with E-state index in [0.29, 0.717) is 5.75 Å². The molecule has 31 heavy (non-hydrogen) atoms. The summed E-state index contributed by atoms with van der Waals surface area (Å²) in [5.74, 6) is 2.03. The molecule has 2 rings (SSSR count). The highest BCUT2D eigenvalue weighted by Crippen LogP contribution is 2.29. The van der Waals surface area contributed by atoms with Crippen molar-refractivity contribution in [1.82, 2.24) is 10.3 Å². The smallest absolute Gasteiger partial charge is 0.386 e. The maximum absolute atomic E-state index is 12.9. The summed E-state index contributed by atoms with van der Waals surface area (Å²) in [4.78, 5) is 19.9. The molecule has 1 atom stereocenters. The SMILES string of the molecule is CS(=O)CCN=C=C1C=C(NC(=O)c2cccc(C(F)(F)F)n2)C(C(C)(C)O)=CC1=N. The molecule has 0 radical (unpaired) electrons. The van der Waals surface area contributed by atoms with Gasteiger partial charge < -0.3 is 10.4 Å². The quantitative estimate of drug-likeness (QED) is 0.573. The van der Waals surface area contributed by atoms with Crippen LogP contribution in [0.4, 0.5) is 13.2 Å². The van der Waals surface area contributed by atoms with E-state index in [1.165, 1.54) is 32.3 Å². The number of hydrogen-bond donors (Lipinski definition) is 3. The topological polar surface area (TPSA) is 116 Å². The number of aliphatic hydroxyl groups is 1. The number of rotatable bonds is 6. The largest absolute Gasteiger partial charge is 0.433 e. The van der Waals surface area contributed by atoms with E-state index in [2.05, 4.69) is 21.2 Å². The lowest BCUT2D eigenvalue weighted by Gasteiger charge is -2.27. The summed E-state index contributed by atoms with van der Waals surface area (Å²) >= 11 is 0. The molecule has 0 saturated carbocycles. The number of carbonyl (C=O) groups excluding carboxylic acids is 1. The van der Waals surface area contributed by atoms with Gasteiger partial charge in [-0.3, -0.25) is 14.4 Å². The van der Waals surface area contributed by atoms with E-state index in [1.54, 1.807) is 0 Å². The zero-order chi connectivity index (χ0) is 23.4. The maximum atomic E-state index is 12.9. The molecule has 1 aliphatic rings. The first-order valence-corrected chi connectivity index (χ1v) is 10.7. The number of pyridine rings is 1. The average Bonchev–Trinajstić information content (AvgIpc) is 2.65. The molecule has 0 aliphatic heterocycles. The average molecular weight is 454 g/mol. The van der Waals surface area contributed by atoms with Crippen LogP contribution in [-0.2, 0) is 17.0 Å². The number of alkyl halides is 3. The summed E-state index contributed by atoms with van der Waals surface area (Å²) in [5, 5.41) is 21.0. The Bertz CT molecular complexity index is 1050. The van der Waals surface area contributed by atoms with Crippen LogP contribution >= 0.6 is 0 Å². The molecule has 1 aromatic heterocycles. The molecule has 1 unspecified atom stereocenters. The second-order valence-electron chi connectivity index (χ2n) is 7.13. The van der Waals surface area contributed by atoms with Gasteiger partial charge in [-0.1, -0.05) is 6.07 Å². The molecule has 0 aromatic carbocycles. The summed E-state index contributed by atoms with van der Waals surface area (Å²) in [6, 6.07) is 2.95. The number of nitrogens with zero attached hydrogens (tertiary/aromatic N) is 2. The van der Waals surface area contributed by atoms with Gasteiger partial charge in [-0.25, -0.2) is 9.98 Å². The first-order chi connectivity index (χ1) is 14.3. The van der Waals surface area contributed by atoms with Gasteiger partial charge in [0, 0.05) is 34.1 Å². The Morgan fingerprint density at radius 1 is 1.32 bits per heavy atom. The molecular formula is C20H21F3N4O3S. The van der Waals surface area contributed by atoms with E-state index < -0.39 is 39.9 Å². The first kappa shape index (κ1) is 24.4. The molecule has 0 saturated heterocycles. The molecule has 1 heterocycles. The number of hydrogen-bond acceptors (Lipinski definition) is 6. The van der Waals surface area contributed by atoms with E-state index in [4.69, 9.17) is 5.41 Å². The third-order valence-corrected chi connectivity index (χ3v) is 4.78. The van der Waals surface area contributed by atoms with E-state index in [9.17, 15) is 27.3 Å². The van der Waals surface area contributed by atoms with Crippen LogP contribution in [0.5, 0.6) is 0 Å². The Hall–Kier alpha value is -2.88. The molecule has 166 valence electrons. The number of amides is 1. The lowest BCUT2D eigenvalue weighted by molar-refractivity contribution is -0.141. The number of allylic oxidation sites excluding steroid dienone is 3. The molecule has 0 fully saturated rings. The van der Waals surface area contributed by atoms with Gasteiger partial charge in [-0.05, 0) is 44.0 Å². The van der Waals surface area contributed by atoms with E-state index in [1.807, 2.05) is 0 Å². The van der Waals surface area contributed by atoms with Crippen LogP contribution in [0, 0.1) is 5.41 Å². The minimum atomic E-state index is -4.71. The predicted octanol–water partition coefficient (Wildman–Crippen LogP) is 2.42.